The van der Waals surface area contributed by atoms with Crippen LogP contribution < -0.4 is 19.1 Å². The third kappa shape index (κ3) is 4.13. The van der Waals surface area contributed by atoms with Gasteiger partial charge in [-0.15, -0.1) is 0 Å². The zero-order chi connectivity index (χ0) is 21.4. The largest absolute Gasteiger partial charge is 0.495 e. The molecule has 0 fully saturated rings. The minimum Gasteiger partial charge on any atom is -0.495 e. The van der Waals surface area contributed by atoms with E-state index in [2.05, 4.69) is 4.72 Å². The van der Waals surface area contributed by atoms with Gasteiger partial charge in [0.05, 0.1) is 33.8 Å². The number of sulfonamides is 1. The molecule has 0 aromatic heterocycles. The van der Waals surface area contributed by atoms with E-state index >= 15 is 0 Å². The van der Waals surface area contributed by atoms with Gasteiger partial charge in [-0.2, -0.15) is 0 Å². The lowest BCUT2D eigenvalue weighted by molar-refractivity contribution is -0.127. The first-order chi connectivity index (χ1) is 13.6. The van der Waals surface area contributed by atoms with Crippen LogP contribution in [-0.4, -0.2) is 34.6 Å². The zero-order valence-electron chi connectivity index (χ0n) is 16.7. The molecule has 0 spiro atoms. The number of rotatable bonds is 5. The molecule has 0 saturated carbocycles. The van der Waals surface area contributed by atoms with Gasteiger partial charge in [-0.3, -0.25) is 9.52 Å². The number of halogens is 1. The van der Waals surface area contributed by atoms with Gasteiger partial charge in [0.15, 0.2) is 0 Å². The van der Waals surface area contributed by atoms with Gasteiger partial charge in [0.25, 0.3) is 10.0 Å². The Morgan fingerprint density at radius 2 is 1.97 bits per heavy atom. The van der Waals surface area contributed by atoms with Crippen molar-refractivity contribution in [2.24, 2.45) is 5.41 Å². The molecule has 2 aromatic carbocycles. The standard InChI is InChI=1S/C20H23ClN2O5S/c1-5-23-16-10-13(6-8-18(16)28-12-20(2,3)19(23)24)22-29(25,26)14-7-9-17(27-4)15(21)11-14/h6-11,22H,5,12H2,1-4H3. The molecule has 0 radical (unpaired) electrons. The normalized spacial score (nSPS) is 15.9. The molecule has 1 heterocycles. The molecule has 2 aromatic rings. The Morgan fingerprint density at radius 1 is 1.24 bits per heavy atom. The molecular weight excluding hydrogens is 416 g/mol. The topological polar surface area (TPSA) is 84.9 Å². The first-order valence-corrected chi connectivity index (χ1v) is 10.9. The zero-order valence-corrected chi connectivity index (χ0v) is 18.2. The van der Waals surface area contributed by atoms with Gasteiger partial charge in [-0.1, -0.05) is 11.6 Å². The summed E-state index contributed by atoms with van der Waals surface area (Å²) in [5, 5.41) is 0.190. The highest BCUT2D eigenvalue weighted by atomic mass is 35.5. The van der Waals surface area contributed by atoms with Gasteiger partial charge in [0.2, 0.25) is 5.91 Å². The first kappa shape index (κ1) is 21.3. The molecule has 1 N–H and O–H groups in total. The number of amides is 1. The first-order valence-electron chi connectivity index (χ1n) is 9.04. The molecule has 3 rings (SSSR count). The Morgan fingerprint density at radius 3 is 2.59 bits per heavy atom. The van der Waals surface area contributed by atoms with Crippen molar-refractivity contribution < 1.29 is 22.7 Å². The van der Waals surface area contributed by atoms with Gasteiger partial charge in [0, 0.05) is 6.54 Å². The van der Waals surface area contributed by atoms with Crippen LogP contribution in [0, 0.1) is 5.41 Å². The lowest BCUT2D eigenvalue weighted by Crippen LogP contribution is -2.42. The third-order valence-corrected chi connectivity index (χ3v) is 6.34. The minimum absolute atomic E-state index is 0.000879. The van der Waals surface area contributed by atoms with Crippen molar-refractivity contribution in [1.29, 1.82) is 0 Å². The summed E-state index contributed by atoms with van der Waals surface area (Å²) in [5.74, 6) is 0.828. The van der Waals surface area contributed by atoms with E-state index in [1.165, 1.54) is 25.3 Å². The van der Waals surface area contributed by atoms with Crippen molar-refractivity contribution >= 4 is 38.9 Å². The number of anilines is 2. The maximum absolute atomic E-state index is 12.9. The second-order valence-electron chi connectivity index (χ2n) is 7.31. The molecule has 1 aliphatic heterocycles. The van der Waals surface area contributed by atoms with Crippen LogP contribution in [0.2, 0.25) is 5.02 Å². The Labute approximate surface area is 175 Å². The van der Waals surface area contributed by atoms with Crippen LogP contribution in [0.15, 0.2) is 41.3 Å². The van der Waals surface area contributed by atoms with Gasteiger partial charge >= 0.3 is 0 Å². The maximum Gasteiger partial charge on any atom is 0.261 e. The minimum atomic E-state index is -3.89. The Bertz CT molecular complexity index is 1050. The summed E-state index contributed by atoms with van der Waals surface area (Å²) >= 11 is 6.05. The maximum atomic E-state index is 12.9. The number of benzene rings is 2. The van der Waals surface area contributed by atoms with Gasteiger partial charge < -0.3 is 14.4 Å². The molecule has 9 heteroatoms. The summed E-state index contributed by atoms with van der Waals surface area (Å²) < 4.78 is 39.0. The third-order valence-electron chi connectivity index (χ3n) is 4.66. The van der Waals surface area contributed by atoms with E-state index in [-0.39, 0.29) is 22.4 Å². The molecule has 29 heavy (non-hydrogen) atoms. The van der Waals surface area contributed by atoms with E-state index in [4.69, 9.17) is 21.1 Å². The number of methoxy groups -OCH3 is 1. The predicted octanol–water partition coefficient (Wildman–Crippen LogP) is 3.92. The molecule has 0 bridgehead atoms. The molecule has 0 aliphatic carbocycles. The molecule has 156 valence electrons. The van der Waals surface area contributed by atoms with Crippen molar-refractivity contribution in [3.63, 3.8) is 0 Å². The molecule has 0 unspecified atom stereocenters. The van der Waals surface area contributed by atoms with Crippen molar-refractivity contribution in [1.82, 2.24) is 0 Å². The molecule has 7 nitrogen and oxygen atoms in total. The number of carbonyl (C=O) groups excluding carboxylic acids is 1. The number of hydrogen-bond donors (Lipinski definition) is 1. The smallest absolute Gasteiger partial charge is 0.261 e. The van der Waals surface area contributed by atoms with Gasteiger partial charge in [-0.05, 0) is 57.2 Å². The monoisotopic (exact) mass is 438 g/mol. The van der Waals surface area contributed by atoms with E-state index in [0.29, 0.717) is 29.4 Å². The summed E-state index contributed by atoms with van der Waals surface area (Å²) in [6, 6.07) is 9.06. The highest BCUT2D eigenvalue weighted by molar-refractivity contribution is 7.92. The van der Waals surface area contributed by atoms with E-state index in [0.717, 1.165) is 0 Å². The highest BCUT2D eigenvalue weighted by Crippen LogP contribution is 2.38. The summed E-state index contributed by atoms with van der Waals surface area (Å²) in [5.41, 5.74) is 0.149. The number of ether oxygens (including phenoxy) is 2. The fraction of sp³-hybridized carbons (Fsp3) is 0.350. The summed E-state index contributed by atoms with van der Waals surface area (Å²) in [7, 11) is -2.44. The lowest BCUT2D eigenvalue weighted by Gasteiger charge is -2.27. The molecule has 1 amide bonds. The van der Waals surface area contributed by atoms with Crippen molar-refractivity contribution in [3.8, 4) is 11.5 Å². The number of nitrogens with one attached hydrogen (secondary N) is 1. The van der Waals surface area contributed by atoms with Crippen molar-refractivity contribution in [2.45, 2.75) is 25.7 Å². The molecule has 0 atom stereocenters. The lowest BCUT2D eigenvalue weighted by atomic mass is 9.93. The van der Waals surface area contributed by atoms with Crippen LogP contribution in [0.3, 0.4) is 0 Å². The number of hydrogen-bond acceptors (Lipinski definition) is 5. The van der Waals surface area contributed by atoms with E-state index in [9.17, 15) is 13.2 Å². The summed E-state index contributed by atoms with van der Waals surface area (Å²) in [6.45, 7) is 6.18. The molecule has 1 aliphatic rings. The van der Waals surface area contributed by atoms with Crippen molar-refractivity contribution in [3.05, 3.63) is 41.4 Å². The average molecular weight is 439 g/mol. The summed E-state index contributed by atoms with van der Waals surface area (Å²) in [6.07, 6.45) is 0. The fourth-order valence-corrected chi connectivity index (χ4v) is 4.45. The second-order valence-corrected chi connectivity index (χ2v) is 9.40. The van der Waals surface area contributed by atoms with Gasteiger partial charge in [0.1, 0.15) is 18.1 Å². The number of carbonyl (C=O) groups is 1. The number of fused-ring (bicyclic) bond motifs is 1. The van der Waals surface area contributed by atoms with Crippen LogP contribution in [0.4, 0.5) is 11.4 Å². The van der Waals surface area contributed by atoms with Crippen LogP contribution in [0.5, 0.6) is 11.5 Å². The van der Waals surface area contributed by atoms with E-state index in [1.807, 2.05) is 20.8 Å². The van der Waals surface area contributed by atoms with Crippen molar-refractivity contribution in [2.75, 3.05) is 29.9 Å². The van der Waals surface area contributed by atoms with E-state index in [1.54, 1.807) is 23.1 Å². The second kappa shape index (κ2) is 7.76. The van der Waals surface area contributed by atoms with Crippen LogP contribution >= 0.6 is 11.6 Å². The molecule has 0 saturated heterocycles. The number of nitrogens with zero attached hydrogens (tertiary/aromatic N) is 1. The van der Waals surface area contributed by atoms with Crippen LogP contribution in [0.25, 0.3) is 0 Å². The average Bonchev–Trinajstić information content (AvgIpc) is 2.76. The fourth-order valence-electron chi connectivity index (χ4n) is 3.05. The predicted molar refractivity (Wildman–Crippen MR) is 113 cm³/mol. The molecular formula is C20H23ClN2O5S. The quantitative estimate of drug-likeness (QED) is 0.764. The summed E-state index contributed by atoms with van der Waals surface area (Å²) in [4.78, 5) is 14.5. The Kier molecular flexibility index (Phi) is 5.69. The Hall–Kier alpha value is -2.45. The SMILES string of the molecule is CCN1C(=O)C(C)(C)COc2ccc(NS(=O)(=O)c3ccc(OC)c(Cl)c3)cc21. The van der Waals surface area contributed by atoms with E-state index < -0.39 is 15.4 Å². The highest BCUT2D eigenvalue weighted by Gasteiger charge is 2.37. The van der Waals surface area contributed by atoms with Gasteiger partial charge in [-0.25, -0.2) is 8.42 Å². The Balaban J connectivity index is 1.96. The van der Waals surface area contributed by atoms with Crippen LogP contribution in [-0.2, 0) is 14.8 Å². The van der Waals surface area contributed by atoms with Crippen LogP contribution in [0.1, 0.15) is 20.8 Å².